The molecule has 19 heavy (non-hydrogen) atoms. The molecule has 0 amide bonds. The molecule has 3 heterocycles. The fourth-order valence-corrected chi connectivity index (χ4v) is 2.27. The number of nitrogens with one attached hydrogen (secondary N) is 1. The summed E-state index contributed by atoms with van der Waals surface area (Å²) in [5.41, 5.74) is 8.54. The summed E-state index contributed by atoms with van der Waals surface area (Å²) in [5, 5.41) is 15.4. The molecular weight excluding hydrogens is 242 g/mol. The molecule has 2 aromatic rings. The third kappa shape index (κ3) is 2.28. The van der Waals surface area contributed by atoms with E-state index in [0.29, 0.717) is 5.95 Å². The van der Waals surface area contributed by atoms with Gasteiger partial charge in [-0.25, -0.2) is 0 Å². The van der Waals surface area contributed by atoms with Crippen molar-refractivity contribution < 1.29 is 0 Å². The second kappa shape index (κ2) is 4.58. The van der Waals surface area contributed by atoms with E-state index in [1.807, 2.05) is 19.9 Å². The first kappa shape index (κ1) is 12.0. The highest BCUT2D eigenvalue weighted by Gasteiger charge is 2.22. The van der Waals surface area contributed by atoms with Crippen LogP contribution in [0.2, 0.25) is 0 Å². The highest BCUT2D eigenvalue weighted by atomic mass is 15.4. The molecule has 100 valence electrons. The molecule has 1 fully saturated rings. The Morgan fingerprint density at radius 3 is 2.95 bits per heavy atom. The molecule has 0 radical (unpaired) electrons. The Bertz CT molecular complexity index is 592. The molecule has 1 unspecified atom stereocenters. The SMILES string of the molecule is Cc1cc(-c2nc(N3CCC(N)C3)n[nH]2)c(C)nn1. The van der Waals surface area contributed by atoms with Crippen molar-refractivity contribution in [2.45, 2.75) is 26.3 Å². The number of aryl methyl sites for hydroxylation is 2. The maximum atomic E-state index is 5.90. The predicted molar refractivity (Wildman–Crippen MR) is 71.7 cm³/mol. The van der Waals surface area contributed by atoms with E-state index >= 15 is 0 Å². The summed E-state index contributed by atoms with van der Waals surface area (Å²) in [5.74, 6) is 1.43. The molecule has 3 N–H and O–H groups in total. The first-order valence-electron chi connectivity index (χ1n) is 6.37. The van der Waals surface area contributed by atoms with E-state index in [-0.39, 0.29) is 6.04 Å². The number of nitrogens with zero attached hydrogens (tertiary/aromatic N) is 5. The smallest absolute Gasteiger partial charge is 0.245 e. The molecule has 0 saturated carbocycles. The number of aromatic nitrogens is 5. The minimum atomic E-state index is 0.216. The van der Waals surface area contributed by atoms with E-state index in [4.69, 9.17) is 5.73 Å². The van der Waals surface area contributed by atoms with Crippen LogP contribution in [-0.2, 0) is 0 Å². The molecule has 1 saturated heterocycles. The van der Waals surface area contributed by atoms with E-state index < -0.39 is 0 Å². The highest BCUT2D eigenvalue weighted by Crippen LogP contribution is 2.22. The molecule has 1 atom stereocenters. The minimum Gasteiger partial charge on any atom is -0.338 e. The van der Waals surface area contributed by atoms with Crippen LogP contribution in [0.3, 0.4) is 0 Å². The zero-order valence-corrected chi connectivity index (χ0v) is 11.1. The van der Waals surface area contributed by atoms with Gasteiger partial charge in [0.1, 0.15) is 0 Å². The largest absolute Gasteiger partial charge is 0.338 e. The summed E-state index contributed by atoms with van der Waals surface area (Å²) < 4.78 is 0. The molecule has 1 aliphatic rings. The number of nitrogens with two attached hydrogens (primary N) is 1. The van der Waals surface area contributed by atoms with Crippen LogP contribution in [0.15, 0.2) is 6.07 Å². The lowest BCUT2D eigenvalue weighted by Crippen LogP contribution is -2.26. The summed E-state index contributed by atoms with van der Waals surface area (Å²) in [4.78, 5) is 6.63. The highest BCUT2D eigenvalue weighted by molar-refractivity contribution is 5.59. The third-order valence-corrected chi connectivity index (χ3v) is 3.34. The normalized spacial score (nSPS) is 19.1. The van der Waals surface area contributed by atoms with Crippen molar-refractivity contribution in [1.29, 1.82) is 0 Å². The Kier molecular flexibility index (Phi) is 2.90. The van der Waals surface area contributed by atoms with E-state index in [0.717, 1.165) is 42.3 Å². The Morgan fingerprint density at radius 1 is 1.37 bits per heavy atom. The molecule has 3 rings (SSSR count). The van der Waals surface area contributed by atoms with Gasteiger partial charge in [0.2, 0.25) is 5.95 Å². The van der Waals surface area contributed by atoms with Crippen molar-refractivity contribution in [3.8, 4) is 11.4 Å². The molecule has 0 aromatic carbocycles. The number of rotatable bonds is 2. The van der Waals surface area contributed by atoms with Crippen LogP contribution in [0.25, 0.3) is 11.4 Å². The average Bonchev–Trinajstić information content (AvgIpc) is 3.00. The first-order valence-corrected chi connectivity index (χ1v) is 6.37. The van der Waals surface area contributed by atoms with Crippen molar-refractivity contribution in [1.82, 2.24) is 25.4 Å². The molecule has 7 heteroatoms. The summed E-state index contributed by atoms with van der Waals surface area (Å²) in [7, 11) is 0. The number of aromatic amines is 1. The average molecular weight is 259 g/mol. The topological polar surface area (TPSA) is 96.6 Å². The monoisotopic (exact) mass is 259 g/mol. The van der Waals surface area contributed by atoms with Crippen molar-refractivity contribution >= 4 is 5.95 Å². The van der Waals surface area contributed by atoms with E-state index in [1.165, 1.54) is 0 Å². The van der Waals surface area contributed by atoms with Gasteiger partial charge >= 0.3 is 0 Å². The fraction of sp³-hybridized carbons (Fsp3) is 0.500. The van der Waals surface area contributed by atoms with Gasteiger partial charge in [0.05, 0.1) is 11.4 Å². The van der Waals surface area contributed by atoms with E-state index in [1.54, 1.807) is 0 Å². The van der Waals surface area contributed by atoms with Crippen LogP contribution in [0.1, 0.15) is 17.8 Å². The second-order valence-electron chi connectivity index (χ2n) is 4.96. The van der Waals surface area contributed by atoms with Crippen molar-refractivity contribution in [3.63, 3.8) is 0 Å². The van der Waals surface area contributed by atoms with Crippen molar-refractivity contribution in [2.24, 2.45) is 5.73 Å². The van der Waals surface area contributed by atoms with Crippen LogP contribution >= 0.6 is 0 Å². The van der Waals surface area contributed by atoms with E-state index in [2.05, 4.69) is 30.3 Å². The number of hydrogen-bond donors (Lipinski definition) is 2. The predicted octanol–water partition coefficient (Wildman–Crippen LogP) is 0.416. The first-order chi connectivity index (χ1) is 9.13. The Hall–Kier alpha value is -2.02. The van der Waals surface area contributed by atoms with Crippen LogP contribution in [0.5, 0.6) is 0 Å². The van der Waals surface area contributed by atoms with Crippen LogP contribution in [0.4, 0.5) is 5.95 Å². The fourth-order valence-electron chi connectivity index (χ4n) is 2.27. The van der Waals surface area contributed by atoms with Gasteiger partial charge in [-0.15, -0.1) is 5.10 Å². The number of H-pyrrole nitrogens is 1. The van der Waals surface area contributed by atoms with Gasteiger partial charge in [-0.05, 0) is 26.3 Å². The molecule has 0 spiro atoms. The van der Waals surface area contributed by atoms with Gasteiger partial charge in [0, 0.05) is 24.7 Å². The number of hydrogen-bond acceptors (Lipinski definition) is 6. The lowest BCUT2D eigenvalue weighted by molar-refractivity contribution is 0.750. The maximum Gasteiger partial charge on any atom is 0.245 e. The molecule has 0 aliphatic carbocycles. The van der Waals surface area contributed by atoms with E-state index in [9.17, 15) is 0 Å². The third-order valence-electron chi connectivity index (χ3n) is 3.34. The molecule has 1 aliphatic heterocycles. The summed E-state index contributed by atoms with van der Waals surface area (Å²) >= 11 is 0. The van der Waals surface area contributed by atoms with Gasteiger partial charge in [-0.3, -0.25) is 5.10 Å². The quantitative estimate of drug-likeness (QED) is 0.811. The lowest BCUT2D eigenvalue weighted by atomic mass is 10.2. The zero-order valence-electron chi connectivity index (χ0n) is 11.1. The summed E-state index contributed by atoms with van der Waals surface area (Å²) in [6, 6.07) is 2.18. The molecule has 0 bridgehead atoms. The Morgan fingerprint density at radius 2 is 2.21 bits per heavy atom. The van der Waals surface area contributed by atoms with Gasteiger partial charge < -0.3 is 10.6 Å². The molecule has 7 nitrogen and oxygen atoms in total. The number of anilines is 1. The van der Waals surface area contributed by atoms with Gasteiger partial charge in [-0.2, -0.15) is 15.2 Å². The van der Waals surface area contributed by atoms with Gasteiger partial charge in [0.25, 0.3) is 0 Å². The second-order valence-corrected chi connectivity index (χ2v) is 4.96. The molecular formula is C12H17N7. The lowest BCUT2D eigenvalue weighted by Gasteiger charge is -2.11. The van der Waals surface area contributed by atoms with Crippen LogP contribution in [-0.4, -0.2) is 44.5 Å². The molecule has 2 aromatic heterocycles. The summed E-state index contributed by atoms with van der Waals surface area (Å²) in [6.45, 7) is 5.54. The summed E-state index contributed by atoms with van der Waals surface area (Å²) in [6.07, 6.45) is 0.985. The zero-order chi connectivity index (χ0) is 13.4. The minimum absolute atomic E-state index is 0.216. The standard InChI is InChI=1S/C12H17N7/c1-7-5-10(8(2)16-15-7)11-14-12(18-17-11)19-4-3-9(13)6-19/h5,9H,3-4,6,13H2,1-2H3,(H,14,17,18). The Balaban J connectivity index is 1.90. The Labute approximate surface area is 111 Å². The van der Waals surface area contributed by atoms with Crippen LogP contribution in [0, 0.1) is 13.8 Å². The van der Waals surface area contributed by atoms with Crippen molar-refractivity contribution in [3.05, 3.63) is 17.5 Å². The maximum absolute atomic E-state index is 5.90. The van der Waals surface area contributed by atoms with Crippen molar-refractivity contribution in [2.75, 3.05) is 18.0 Å². The van der Waals surface area contributed by atoms with Gasteiger partial charge in [0.15, 0.2) is 5.82 Å². The van der Waals surface area contributed by atoms with Crippen LogP contribution < -0.4 is 10.6 Å². The van der Waals surface area contributed by atoms with Gasteiger partial charge in [-0.1, -0.05) is 0 Å².